The summed E-state index contributed by atoms with van der Waals surface area (Å²) in [6.45, 7) is 0.101. The third kappa shape index (κ3) is 3.24. The summed E-state index contributed by atoms with van der Waals surface area (Å²) in [5, 5.41) is 22.2. The molecule has 96 valence electrons. The Bertz CT molecular complexity index is 506. The van der Waals surface area contributed by atoms with E-state index in [1.165, 1.54) is 0 Å². The van der Waals surface area contributed by atoms with E-state index in [1.807, 2.05) is 12.1 Å². The molecule has 0 radical (unpaired) electrons. The first-order valence-electron chi connectivity index (χ1n) is 5.77. The van der Waals surface area contributed by atoms with Crippen LogP contribution in [0.25, 0.3) is 0 Å². The van der Waals surface area contributed by atoms with E-state index >= 15 is 0 Å². The standard InChI is InChI=1S/C14H16O3S/c15-9-12-5-7-18(10-12)6-4-11-2-1-3-13(8-11)14(16)17/h1-3,5,7-8,10,15,18H,4,6,9H2,(H,16,17). The van der Waals surface area contributed by atoms with Crippen molar-refractivity contribution < 1.29 is 15.0 Å². The first-order valence-corrected chi connectivity index (χ1v) is 7.43. The summed E-state index contributed by atoms with van der Waals surface area (Å²) < 4.78 is 0. The number of aliphatic hydroxyl groups excluding tert-OH is 1. The average molecular weight is 264 g/mol. The Labute approximate surface area is 109 Å². The number of aliphatic hydroxyl groups is 1. The van der Waals surface area contributed by atoms with Crippen LogP contribution in [0.15, 0.2) is 46.7 Å². The highest BCUT2D eigenvalue weighted by molar-refractivity contribution is 8.22. The van der Waals surface area contributed by atoms with E-state index in [4.69, 9.17) is 10.2 Å². The van der Waals surface area contributed by atoms with E-state index in [9.17, 15) is 4.79 Å². The van der Waals surface area contributed by atoms with Crippen molar-refractivity contribution in [3.05, 3.63) is 57.9 Å². The third-order valence-corrected chi connectivity index (χ3v) is 4.76. The second kappa shape index (κ2) is 5.89. The number of carboxylic acid groups (broad SMARTS) is 1. The van der Waals surface area contributed by atoms with Gasteiger partial charge in [-0.3, -0.25) is 0 Å². The fourth-order valence-corrected chi connectivity index (χ4v) is 3.70. The molecule has 1 aliphatic rings. The fourth-order valence-electron chi connectivity index (χ4n) is 1.84. The molecule has 18 heavy (non-hydrogen) atoms. The van der Waals surface area contributed by atoms with Gasteiger partial charge in [0.25, 0.3) is 0 Å². The lowest BCUT2D eigenvalue weighted by molar-refractivity contribution is 0.0697. The Morgan fingerprint density at radius 3 is 2.83 bits per heavy atom. The van der Waals surface area contributed by atoms with E-state index in [1.54, 1.807) is 18.2 Å². The summed E-state index contributed by atoms with van der Waals surface area (Å²) >= 11 is 0. The van der Waals surface area contributed by atoms with Crippen molar-refractivity contribution in [2.24, 2.45) is 0 Å². The summed E-state index contributed by atoms with van der Waals surface area (Å²) in [5.74, 6) is 0.115. The number of benzene rings is 1. The Hall–Kier alpha value is -1.52. The van der Waals surface area contributed by atoms with Crippen molar-refractivity contribution in [2.45, 2.75) is 6.42 Å². The number of carbonyl (C=O) groups is 1. The molecule has 0 aromatic heterocycles. The lowest BCUT2D eigenvalue weighted by Crippen LogP contribution is -1.98. The number of aromatic carboxylic acids is 1. The second-order valence-electron chi connectivity index (χ2n) is 4.17. The zero-order chi connectivity index (χ0) is 13.0. The molecule has 1 heterocycles. The lowest BCUT2D eigenvalue weighted by Gasteiger charge is -2.10. The topological polar surface area (TPSA) is 57.5 Å². The van der Waals surface area contributed by atoms with Gasteiger partial charge in [0.1, 0.15) is 0 Å². The summed E-state index contributed by atoms with van der Waals surface area (Å²) in [4.78, 5) is 10.9. The maximum absolute atomic E-state index is 10.9. The van der Waals surface area contributed by atoms with Crippen molar-refractivity contribution in [3.8, 4) is 0 Å². The van der Waals surface area contributed by atoms with Crippen LogP contribution in [0.1, 0.15) is 15.9 Å². The normalized spacial score (nSPS) is 19.8. The Morgan fingerprint density at radius 1 is 1.33 bits per heavy atom. The zero-order valence-corrected chi connectivity index (χ0v) is 10.8. The minimum absolute atomic E-state index is 0.101. The predicted octanol–water partition coefficient (Wildman–Crippen LogP) is 2.33. The molecular weight excluding hydrogens is 248 g/mol. The summed E-state index contributed by atoms with van der Waals surface area (Å²) in [6.07, 6.45) is 2.84. The molecular formula is C14H16O3S. The van der Waals surface area contributed by atoms with Crippen molar-refractivity contribution in [1.29, 1.82) is 0 Å². The fraction of sp³-hybridized carbons (Fsp3) is 0.214. The quantitative estimate of drug-likeness (QED) is 0.715. The average Bonchev–Trinajstić information content (AvgIpc) is 2.84. The molecule has 1 aromatic rings. The number of carboxylic acids is 1. The van der Waals surface area contributed by atoms with E-state index in [0.717, 1.165) is 23.3 Å². The summed E-state index contributed by atoms with van der Waals surface area (Å²) in [5.41, 5.74) is 2.38. The molecule has 3 nitrogen and oxygen atoms in total. The van der Waals surface area contributed by atoms with Gasteiger partial charge in [-0.15, -0.1) is 0 Å². The van der Waals surface area contributed by atoms with Gasteiger partial charge in [-0.25, -0.2) is 15.7 Å². The van der Waals surface area contributed by atoms with Crippen LogP contribution in [0.2, 0.25) is 0 Å². The molecule has 1 aromatic carbocycles. The molecule has 2 rings (SSSR count). The smallest absolute Gasteiger partial charge is 0.335 e. The number of thiol groups is 1. The Morgan fingerprint density at radius 2 is 2.17 bits per heavy atom. The molecule has 0 bridgehead atoms. The maximum atomic E-state index is 10.9. The van der Waals surface area contributed by atoms with Crippen molar-refractivity contribution in [1.82, 2.24) is 0 Å². The van der Waals surface area contributed by atoms with E-state index in [2.05, 4.69) is 10.8 Å². The van der Waals surface area contributed by atoms with Crippen molar-refractivity contribution in [2.75, 3.05) is 12.4 Å². The van der Waals surface area contributed by atoms with Crippen LogP contribution in [0.5, 0.6) is 0 Å². The van der Waals surface area contributed by atoms with Gasteiger partial charge in [0.15, 0.2) is 0 Å². The van der Waals surface area contributed by atoms with Gasteiger partial charge < -0.3 is 10.2 Å². The number of hydrogen-bond donors (Lipinski definition) is 3. The zero-order valence-electron chi connectivity index (χ0n) is 9.91. The molecule has 2 N–H and O–H groups in total. The summed E-state index contributed by atoms with van der Waals surface area (Å²) in [7, 11) is -0.289. The van der Waals surface area contributed by atoms with Gasteiger partial charge in [0, 0.05) is 0 Å². The minimum Gasteiger partial charge on any atom is -0.478 e. The molecule has 4 heteroatoms. The van der Waals surface area contributed by atoms with Gasteiger partial charge >= 0.3 is 5.97 Å². The van der Waals surface area contributed by atoms with Gasteiger partial charge in [-0.05, 0) is 46.3 Å². The Kier molecular flexibility index (Phi) is 4.23. The molecule has 0 amide bonds. The number of rotatable bonds is 5. The van der Waals surface area contributed by atoms with Crippen LogP contribution in [0.3, 0.4) is 0 Å². The number of aryl methyl sites for hydroxylation is 1. The van der Waals surface area contributed by atoms with Crippen LogP contribution < -0.4 is 0 Å². The number of hydrogen-bond acceptors (Lipinski definition) is 2. The van der Waals surface area contributed by atoms with Gasteiger partial charge in [-0.2, -0.15) is 0 Å². The molecule has 0 aliphatic carbocycles. The third-order valence-electron chi connectivity index (χ3n) is 2.83. The molecule has 0 fully saturated rings. The molecule has 0 saturated carbocycles. The van der Waals surface area contributed by atoms with E-state index in [0.29, 0.717) is 5.56 Å². The van der Waals surface area contributed by atoms with Gasteiger partial charge in [0.05, 0.1) is 12.2 Å². The monoisotopic (exact) mass is 264 g/mol. The highest BCUT2D eigenvalue weighted by atomic mass is 32.2. The molecule has 1 unspecified atom stereocenters. The highest BCUT2D eigenvalue weighted by Crippen LogP contribution is 2.36. The SMILES string of the molecule is O=C(O)c1cccc(CC[SH]2C=CC(CO)=C2)c1. The maximum Gasteiger partial charge on any atom is 0.335 e. The highest BCUT2D eigenvalue weighted by Gasteiger charge is 2.07. The largest absolute Gasteiger partial charge is 0.478 e. The molecule has 0 spiro atoms. The lowest BCUT2D eigenvalue weighted by atomic mass is 10.1. The van der Waals surface area contributed by atoms with Crippen LogP contribution in [-0.4, -0.2) is 28.5 Å². The van der Waals surface area contributed by atoms with Crippen molar-refractivity contribution in [3.63, 3.8) is 0 Å². The van der Waals surface area contributed by atoms with Gasteiger partial charge in [0.2, 0.25) is 0 Å². The first kappa shape index (κ1) is 12.9. The minimum atomic E-state index is -0.884. The Balaban J connectivity index is 1.95. The van der Waals surface area contributed by atoms with Crippen LogP contribution in [-0.2, 0) is 6.42 Å². The summed E-state index contributed by atoms with van der Waals surface area (Å²) in [6, 6.07) is 7.08. The van der Waals surface area contributed by atoms with Crippen LogP contribution in [0, 0.1) is 0 Å². The predicted molar refractivity (Wildman–Crippen MR) is 75.3 cm³/mol. The first-order chi connectivity index (χ1) is 8.69. The molecule has 1 atom stereocenters. The van der Waals surface area contributed by atoms with E-state index in [-0.39, 0.29) is 17.5 Å². The molecule has 0 saturated heterocycles. The van der Waals surface area contributed by atoms with Gasteiger partial charge in [-0.1, -0.05) is 18.2 Å². The van der Waals surface area contributed by atoms with Crippen LogP contribution >= 0.6 is 10.9 Å². The van der Waals surface area contributed by atoms with E-state index < -0.39 is 5.97 Å². The molecule has 1 aliphatic heterocycles. The second-order valence-corrected chi connectivity index (χ2v) is 6.20. The van der Waals surface area contributed by atoms with Crippen LogP contribution in [0.4, 0.5) is 0 Å². The van der Waals surface area contributed by atoms with Crippen molar-refractivity contribution >= 4 is 16.9 Å².